The van der Waals surface area contributed by atoms with E-state index in [1.807, 2.05) is 53.4 Å². The van der Waals surface area contributed by atoms with Crippen LogP contribution in [0.25, 0.3) is 0 Å². The highest BCUT2D eigenvalue weighted by molar-refractivity contribution is 5.94. The Balaban J connectivity index is 1.46. The number of hydrogen-bond acceptors (Lipinski definition) is 3. The standard InChI is InChI=1S/C23H27N3O2/c27-21-11-4-5-14-26(21)20-10-6-7-17(15-20)16-24-22(18-8-2-1-3-9-18)23(28)25-19-12-13-19/h1-3,6-10,15,19,22,24H,4-5,11-14,16H2,(H,25,28)/t22-/m0/s1. The zero-order chi connectivity index (χ0) is 19.3. The van der Waals surface area contributed by atoms with Crippen molar-refractivity contribution in [1.82, 2.24) is 10.6 Å². The van der Waals surface area contributed by atoms with E-state index in [9.17, 15) is 9.59 Å². The van der Waals surface area contributed by atoms with Gasteiger partial charge >= 0.3 is 0 Å². The molecule has 1 heterocycles. The molecule has 1 aliphatic heterocycles. The van der Waals surface area contributed by atoms with E-state index in [1.54, 1.807) is 0 Å². The highest BCUT2D eigenvalue weighted by atomic mass is 16.2. The summed E-state index contributed by atoms with van der Waals surface area (Å²) < 4.78 is 0. The van der Waals surface area contributed by atoms with Crippen molar-refractivity contribution in [3.05, 3.63) is 65.7 Å². The van der Waals surface area contributed by atoms with Gasteiger partial charge in [-0.3, -0.25) is 14.9 Å². The summed E-state index contributed by atoms with van der Waals surface area (Å²) in [6, 6.07) is 17.8. The monoisotopic (exact) mass is 377 g/mol. The zero-order valence-corrected chi connectivity index (χ0v) is 16.1. The molecule has 0 aromatic heterocycles. The Morgan fingerprint density at radius 3 is 2.64 bits per heavy atom. The largest absolute Gasteiger partial charge is 0.352 e. The van der Waals surface area contributed by atoms with Crippen LogP contribution in [0.3, 0.4) is 0 Å². The van der Waals surface area contributed by atoms with Gasteiger partial charge in [-0.2, -0.15) is 0 Å². The van der Waals surface area contributed by atoms with E-state index in [0.29, 0.717) is 19.0 Å². The third kappa shape index (κ3) is 4.60. The summed E-state index contributed by atoms with van der Waals surface area (Å²) in [5.41, 5.74) is 2.97. The molecule has 5 heteroatoms. The first-order valence-electron chi connectivity index (χ1n) is 10.2. The van der Waals surface area contributed by atoms with Gasteiger partial charge in [0, 0.05) is 31.2 Å². The van der Waals surface area contributed by atoms with E-state index in [-0.39, 0.29) is 17.9 Å². The molecule has 0 radical (unpaired) electrons. The molecule has 2 aromatic carbocycles. The lowest BCUT2D eigenvalue weighted by Crippen LogP contribution is -2.38. The lowest BCUT2D eigenvalue weighted by atomic mass is 10.0. The molecule has 2 fully saturated rings. The Labute approximate surface area is 166 Å². The van der Waals surface area contributed by atoms with Crippen LogP contribution >= 0.6 is 0 Å². The van der Waals surface area contributed by atoms with Gasteiger partial charge in [0.15, 0.2) is 0 Å². The molecule has 4 rings (SSSR count). The van der Waals surface area contributed by atoms with E-state index in [1.165, 1.54) is 0 Å². The highest BCUT2D eigenvalue weighted by Crippen LogP contribution is 2.24. The summed E-state index contributed by atoms with van der Waals surface area (Å²) in [6.45, 7) is 1.35. The van der Waals surface area contributed by atoms with Gasteiger partial charge in [0.2, 0.25) is 11.8 Å². The van der Waals surface area contributed by atoms with E-state index >= 15 is 0 Å². The predicted molar refractivity (Wildman–Crippen MR) is 110 cm³/mol. The van der Waals surface area contributed by atoms with Crippen LogP contribution in [0.1, 0.15) is 49.3 Å². The van der Waals surface area contributed by atoms with Crippen molar-refractivity contribution in [1.29, 1.82) is 0 Å². The number of nitrogens with one attached hydrogen (secondary N) is 2. The molecule has 1 aliphatic carbocycles. The normalized spacial score (nSPS) is 18.0. The first-order valence-corrected chi connectivity index (χ1v) is 10.2. The maximum atomic E-state index is 12.7. The van der Waals surface area contributed by atoms with E-state index in [4.69, 9.17) is 0 Å². The van der Waals surface area contributed by atoms with Crippen LogP contribution in [0.5, 0.6) is 0 Å². The van der Waals surface area contributed by atoms with Crippen molar-refractivity contribution in [2.45, 2.75) is 50.7 Å². The molecule has 28 heavy (non-hydrogen) atoms. The van der Waals surface area contributed by atoms with Crippen LogP contribution in [0.15, 0.2) is 54.6 Å². The number of anilines is 1. The summed E-state index contributed by atoms with van der Waals surface area (Å²) in [5, 5.41) is 6.51. The fourth-order valence-corrected chi connectivity index (χ4v) is 3.65. The third-order valence-electron chi connectivity index (χ3n) is 5.37. The van der Waals surface area contributed by atoms with Crippen molar-refractivity contribution < 1.29 is 9.59 Å². The molecule has 0 bridgehead atoms. The molecule has 2 aliphatic rings. The van der Waals surface area contributed by atoms with Gasteiger partial charge < -0.3 is 10.2 Å². The first-order chi connectivity index (χ1) is 13.7. The smallest absolute Gasteiger partial charge is 0.241 e. The van der Waals surface area contributed by atoms with Gasteiger partial charge in [-0.15, -0.1) is 0 Å². The molecule has 1 saturated carbocycles. The van der Waals surface area contributed by atoms with Crippen LogP contribution in [0, 0.1) is 0 Å². The Hall–Kier alpha value is -2.66. The third-order valence-corrected chi connectivity index (χ3v) is 5.37. The molecule has 1 saturated heterocycles. The maximum absolute atomic E-state index is 12.7. The van der Waals surface area contributed by atoms with Gasteiger partial charge in [-0.1, -0.05) is 42.5 Å². The Kier molecular flexibility index (Phi) is 5.72. The van der Waals surface area contributed by atoms with Gasteiger partial charge in [-0.25, -0.2) is 0 Å². The van der Waals surface area contributed by atoms with Gasteiger partial charge in [0.1, 0.15) is 6.04 Å². The molecular formula is C23H27N3O2. The van der Waals surface area contributed by atoms with Gasteiger partial charge in [0.05, 0.1) is 0 Å². The van der Waals surface area contributed by atoms with E-state index < -0.39 is 0 Å². The summed E-state index contributed by atoms with van der Waals surface area (Å²) >= 11 is 0. The summed E-state index contributed by atoms with van der Waals surface area (Å²) in [7, 11) is 0. The molecule has 2 amide bonds. The topological polar surface area (TPSA) is 61.4 Å². The molecule has 5 nitrogen and oxygen atoms in total. The summed E-state index contributed by atoms with van der Waals surface area (Å²) in [6.07, 6.45) is 4.79. The van der Waals surface area contributed by atoms with Crippen LogP contribution in [0.4, 0.5) is 5.69 Å². The molecule has 1 atom stereocenters. The summed E-state index contributed by atoms with van der Waals surface area (Å²) in [5.74, 6) is 0.221. The van der Waals surface area contributed by atoms with Crippen molar-refractivity contribution >= 4 is 17.5 Å². The number of amides is 2. The lowest BCUT2D eigenvalue weighted by molar-refractivity contribution is -0.123. The van der Waals surface area contributed by atoms with Crippen LogP contribution in [0.2, 0.25) is 0 Å². The second kappa shape index (κ2) is 8.57. The average Bonchev–Trinajstić information content (AvgIpc) is 3.53. The van der Waals surface area contributed by atoms with Gasteiger partial charge in [0.25, 0.3) is 0 Å². The highest BCUT2D eigenvalue weighted by Gasteiger charge is 2.28. The van der Waals surface area contributed by atoms with Crippen molar-refractivity contribution in [3.8, 4) is 0 Å². The molecule has 0 spiro atoms. The number of carbonyl (C=O) groups is 2. The molecular weight excluding hydrogens is 350 g/mol. The SMILES string of the molecule is O=C(NC1CC1)[C@@H](NCc1cccc(N2CCCCC2=O)c1)c1ccccc1. The average molecular weight is 377 g/mol. The van der Waals surface area contributed by atoms with Crippen molar-refractivity contribution in [2.75, 3.05) is 11.4 Å². The number of nitrogens with zero attached hydrogens (tertiary/aromatic N) is 1. The van der Waals surface area contributed by atoms with Crippen molar-refractivity contribution in [3.63, 3.8) is 0 Å². The Morgan fingerprint density at radius 2 is 1.89 bits per heavy atom. The molecule has 0 unspecified atom stereocenters. The zero-order valence-electron chi connectivity index (χ0n) is 16.1. The van der Waals surface area contributed by atoms with E-state index in [2.05, 4.69) is 16.7 Å². The predicted octanol–water partition coefficient (Wildman–Crippen LogP) is 3.31. The maximum Gasteiger partial charge on any atom is 0.241 e. The second-order valence-electron chi connectivity index (χ2n) is 7.68. The number of piperidine rings is 1. The minimum Gasteiger partial charge on any atom is -0.352 e. The first kappa shape index (κ1) is 18.7. The van der Waals surface area contributed by atoms with Crippen LogP contribution < -0.4 is 15.5 Å². The molecule has 2 N–H and O–H groups in total. The quantitative estimate of drug-likeness (QED) is 0.778. The fourth-order valence-electron chi connectivity index (χ4n) is 3.65. The Morgan fingerprint density at radius 1 is 1.07 bits per heavy atom. The van der Waals surface area contributed by atoms with Crippen LogP contribution in [-0.4, -0.2) is 24.4 Å². The number of carbonyl (C=O) groups excluding carboxylic acids is 2. The van der Waals surface area contributed by atoms with E-state index in [0.717, 1.165) is 49.0 Å². The molecule has 146 valence electrons. The van der Waals surface area contributed by atoms with Crippen molar-refractivity contribution in [2.24, 2.45) is 0 Å². The number of benzene rings is 2. The summed E-state index contributed by atoms with van der Waals surface area (Å²) in [4.78, 5) is 26.8. The van der Waals surface area contributed by atoms with Gasteiger partial charge in [-0.05, 0) is 48.9 Å². The Bertz CT molecular complexity index is 833. The fraction of sp³-hybridized carbons (Fsp3) is 0.391. The number of rotatable bonds is 7. The minimum atomic E-state index is -0.387. The second-order valence-corrected chi connectivity index (χ2v) is 7.68. The lowest BCUT2D eigenvalue weighted by Gasteiger charge is -2.27. The van der Waals surface area contributed by atoms with Crippen LogP contribution in [-0.2, 0) is 16.1 Å². The molecule has 2 aromatic rings. The minimum absolute atomic E-state index is 0.0241. The number of hydrogen-bond donors (Lipinski definition) is 2.